The highest BCUT2D eigenvalue weighted by molar-refractivity contribution is 5.75. The van der Waals surface area contributed by atoms with Crippen LogP contribution in [-0.4, -0.2) is 17.1 Å². The highest BCUT2D eigenvalue weighted by Gasteiger charge is 2.07. The van der Waals surface area contributed by atoms with E-state index in [4.69, 9.17) is 5.11 Å². The lowest BCUT2D eigenvalue weighted by Crippen LogP contribution is -2.27. The lowest BCUT2D eigenvalue weighted by molar-refractivity contribution is -0.118. The molecule has 3 nitrogen and oxygen atoms in total. The molecule has 0 bridgehead atoms. The maximum atomic E-state index is 10.6. The average molecular weight is 157 g/mol. The Hall–Kier alpha value is -0.830. The Morgan fingerprint density at radius 1 is 1.36 bits per heavy atom. The molecule has 0 rings (SSSR count). The van der Waals surface area contributed by atoms with Crippen molar-refractivity contribution in [2.24, 2.45) is 0 Å². The molecule has 0 aromatic rings. The molecule has 1 unspecified atom stereocenters. The molecule has 64 valence electrons. The molecule has 2 N–H and O–H groups in total. The van der Waals surface area contributed by atoms with Gasteiger partial charge in [-0.2, -0.15) is 0 Å². The number of carbonyl (C=O) groups is 1. The SMILES string of the molecule is CC(=O)NC(=C(C)C)C(C)O. The number of aliphatic hydroxyl groups is 1. The summed E-state index contributed by atoms with van der Waals surface area (Å²) < 4.78 is 0. The van der Waals surface area contributed by atoms with Crippen molar-refractivity contribution in [2.45, 2.75) is 33.8 Å². The van der Waals surface area contributed by atoms with Crippen molar-refractivity contribution in [1.82, 2.24) is 5.32 Å². The van der Waals surface area contributed by atoms with Crippen LogP contribution in [0.4, 0.5) is 0 Å². The Balaban J connectivity index is 4.38. The summed E-state index contributed by atoms with van der Waals surface area (Å²) >= 11 is 0. The molecule has 1 amide bonds. The predicted molar refractivity (Wildman–Crippen MR) is 43.9 cm³/mol. The molecule has 0 aliphatic carbocycles. The molecule has 0 aromatic carbocycles. The van der Waals surface area contributed by atoms with Crippen LogP contribution in [0.5, 0.6) is 0 Å². The molecular weight excluding hydrogens is 142 g/mol. The van der Waals surface area contributed by atoms with Crippen LogP contribution in [0.25, 0.3) is 0 Å². The molecule has 0 aliphatic heterocycles. The van der Waals surface area contributed by atoms with Gasteiger partial charge in [0, 0.05) is 12.6 Å². The second-order valence-corrected chi connectivity index (χ2v) is 2.77. The normalized spacial score (nSPS) is 12.1. The predicted octanol–water partition coefficient (Wildman–Crippen LogP) is 0.797. The molecule has 0 heterocycles. The summed E-state index contributed by atoms with van der Waals surface area (Å²) in [4.78, 5) is 10.6. The first-order valence-electron chi connectivity index (χ1n) is 3.58. The van der Waals surface area contributed by atoms with E-state index in [0.29, 0.717) is 5.70 Å². The van der Waals surface area contributed by atoms with E-state index in [-0.39, 0.29) is 5.91 Å². The zero-order valence-corrected chi connectivity index (χ0v) is 7.43. The Labute approximate surface area is 67.1 Å². The largest absolute Gasteiger partial charge is 0.387 e. The number of hydrogen-bond donors (Lipinski definition) is 2. The van der Waals surface area contributed by atoms with Crippen LogP contribution in [0.3, 0.4) is 0 Å². The minimum absolute atomic E-state index is 0.151. The van der Waals surface area contributed by atoms with E-state index in [0.717, 1.165) is 5.57 Å². The Kier molecular flexibility index (Phi) is 3.82. The minimum Gasteiger partial charge on any atom is -0.387 e. The molecule has 1 atom stereocenters. The van der Waals surface area contributed by atoms with Gasteiger partial charge in [0.05, 0.1) is 6.10 Å². The third-order valence-corrected chi connectivity index (χ3v) is 1.27. The third kappa shape index (κ3) is 3.78. The lowest BCUT2D eigenvalue weighted by atomic mass is 10.2. The molecule has 0 aliphatic rings. The number of rotatable bonds is 2. The van der Waals surface area contributed by atoms with Gasteiger partial charge in [-0.25, -0.2) is 0 Å². The quantitative estimate of drug-likeness (QED) is 0.622. The van der Waals surface area contributed by atoms with Crippen LogP contribution in [0.2, 0.25) is 0 Å². The number of hydrogen-bond acceptors (Lipinski definition) is 2. The molecule has 0 fully saturated rings. The van der Waals surface area contributed by atoms with Crippen molar-refractivity contribution < 1.29 is 9.90 Å². The van der Waals surface area contributed by atoms with Gasteiger partial charge < -0.3 is 10.4 Å². The molecule has 0 saturated heterocycles. The van der Waals surface area contributed by atoms with E-state index in [2.05, 4.69) is 5.32 Å². The monoisotopic (exact) mass is 157 g/mol. The molecular formula is C8H15NO2. The molecule has 0 saturated carbocycles. The van der Waals surface area contributed by atoms with E-state index < -0.39 is 6.10 Å². The van der Waals surface area contributed by atoms with Gasteiger partial charge in [0.2, 0.25) is 5.91 Å². The van der Waals surface area contributed by atoms with Gasteiger partial charge in [-0.1, -0.05) is 5.57 Å². The number of allylic oxidation sites excluding steroid dienone is 1. The van der Waals surface area contributed by atoms with Crippen LogP contribution < -0.4 is 5.32 Å². The van der Waals surface area contributed by atoms with Crippen LogP contribution in [0.15, 0.2) is 11.3 Å². The number of amides is 1. The van der Waals surface area contributed by atoms with Crippen molar-refractivity contribution in [3.05, 3.63) is 11.3 Å². The van der Waals surface area contributed by atoms with Crippen molar-refractivity contribution in [3.8, 4) is 0 Å². The maximum absolute atomic E-state index is 10.6. The van der Waals surface area contributed by atoms with Gasteiger partial charge in [-0.3, -0.25) is 4.79 Å². The standard InChI is InChI=1S/C8H15NO2/c1-5(2)8(6(3)10)9-7(4)11/h6,10H,1-4H3,(H,9,11). The molecule has 0 radical (unpaired) electrons. The summed E-state index contributed by atoms with van der Waals surface area (Å²) in [5.41, 5.74) is 1.52. The van der Waals surface area contributed by atoms with E-state index in [1.54, 1.807) is 6.92 Å². The first kappa shape index (κ1) is 10.2. The Morgan fingerprint density at radius 2 is 1.82 bits per heavy atom. The summed E-state index contributed by atoms with van der Waals surface area (Å²) in [5.74, 6) is -0.151. The topological polar surface area (TPSA) is 49.3 Å². The number of carbonyl (C=O) groups excluding carboxylic acids is 1. The zero-order valence-electron chi connectivity index (χ0n) is 7.43. The van der Waals surface area contributed by atoms with Crippen LogP contribution >= 0.6 is 0 Å². The second kappa shape index (κ2) is 4.13. The number of nitrogens with one attached hydrogen (secondary N) is 1. The fourth-order valence-corrected chi connectivity index (χ4v) is 0.837. The molecule has 3 heteroatoms. The first-order valence-corrected chi connectivity index (χ1v) is 3.58. The molecule has 0 spiro atoms. The summed E-state index contributed by atoms with van der Waals surface area (Å²) in [6, 6.07) is 0. The van der Waals surface area contributed by atoms with Crippen molar-refractivity contribution >= 4 is 5.91 Å². The van der Waals surface area contributed by atoms with Crippen LogP contribution in [0, 0.1) is 0 Å². The smallest absolute Gasteiger partial charge is 0.221 e. The van der Waals surface area contributed by atoms with Crippen molar-refractivity contribution in [1.29, 1.82) is 0 Å². The van der Waals surface area contributed by atoms with Gasteiger partial charge >= 0.3 is 0 Å². The third-order valence-electron chi connectivity index (χ3n) is 1.27. The average Bonchev–Trinajstić information content (AvgIpc) is 1.81. The second-order valence-electron chi connectivity index (χ2n) is 2.77. The summed E-state index contributed by atoms with van der Waals surface area (Å²) in [5, 5.41) is 11.7. The van der Waals surface area contributed by atoms with Crippen LogP contribution in [-0.2, 0) is 4.79 Å². The number of aliphatic hydroxyl groups excluding tert-OH is 1. The van der Waals surface area contributed by atoms with Gasteiger partial charge in [-0.05, 0) is 20.8 Å². The zero-order chi connectivity index (χ0) is 9.02. The van der Waals surface area contributed by atoms with Crippen molar-refractivity contribution in [3.63, 3.8) is 0 Å². The highest BCUT2D eigenvalue weighted by Crippen LogP contribution is 2.04. The van der Waals surface area contributed by atoms with E-state index in [1.165, 1.54) is 6.92 Å². The van der Waals surface area contributed by atoms with Gasteiger partial charge in [0.15, 0.2) is 0 Å². The van der Waals surface area contributed by atoms with Crippen LogP contribution in [0.1, 0.15) is 27.7 Å². The van der Waals surface area contributed by atoms with Gasteiger partial charge in [0.1, 0.15) is 0 Å². The molecule has 11 heavy (non-hydrogen) atoms. The van der Waals surface area contributed by atoms with E-state index in [1.807, 2.05) is 13.8 Å². The van der Waals surface area contributed by atoms with Crippen molar-refractivity contribution in [2.75, 3.05) is 0 Å². The minimum atomic E-state index is -0.608. The maximum Gasteiger partial charge on any atom is 0.221 e. The summed E-state index contributed by atoms with van der Waals surface area (Å²) in [6.07, 6.45) is -0.608. The summed E-state index contributed by atoms with van der Waals surface area (Å²) in [6.45, 7) is 6.74. The Bertz CT molecular complexity index is 179. The van der Waals surface area contributed by atoms with E-state index >= 15 is 0 Å². The van der Waals surface area contributed by atoms with Gasteiger partial charge in [0.25, 0.3) is 0 Å². The van der Waals surface area contributed by atoms with E-state index in [9.17, 15) is 4.79 Å². The lowest BCUT2D eigenvalue weighted by Gasteiger charge is -2.12. The molecule has 0 aromatic heterocycles. The Morgan fingerprint density at radius 3 is 1.91 bits per heavy atom. The summed E-state index contributed by atoms with van der Waals surface area (Å²) in [7, 11) is 0. The van der Waals surface area contributed by atoms with Gasteiger partial charge in [-0.15, -0.1) is 0 Å². The first-order chi connectivity index (χ1) is 4.95. The fourth-order valence-electron chi connectivity index (χ4n) is 0.837. The highest BCUT2D eigenvalue weighted by atomic mass is 16.3. The fraction of sp³-hybridized carbons (Fsp3) is 0.625.